The number of rotatable bonds is 3. The third-order valence-electron chi connectivity index (χ3n) is 5.62. The first kappa shape index (κ1) is 15.4. The summed E-state index contributed by atoms with van der Waals surface area (Å²) in [6, 6.07) is 26.7. The molecule has 4 aromatic rings. The first-order valence-electron chi connectivity index (χ1n) is 9.57. The Hall–Kier alpha value is -2.86. The Morgan fingerprint density at radius 3 is 2.42 bits per heavy atom. The summed E-state index contributed by atoms with van der Waals surface area (Å²) in [7, 11) is 0. The Labute approximate surface area is 154 Å². The lowest BCUT2D eigenvalue weighted by atomic mass is 9.90. The highest BCUT2D eigenvalue weighted by Gasteiger charge is 2.17. The van der Waals surface area contributed by atoms with Gasteiger partial charge in [-0.15, -0.1) is 0 Å². The molecule has 5 rings (SSSR count). The molecule has 1 aliphatic rings. The van der Waals surface area contributed by atoms with Crippen molar-refractivity contribution < 1.29 is 0 Å². The molecule has 0 spiro atoms. The topological polar surface area (TPSA) is 0 Å². The molecule has 0 amide bonds. The van der Waals surface area contributed by atoms with Crippen molar-refractivity contribution in [3.63, 3.8) is 0 Å². The van der Waals surface area contributed by atoms with Crippen molar-refractivity contribution in [2.45, 2.75) is 26.2 Å². The molecule has 126 valence electrons. The molecular weight excluding hydrogens is 312 g/mol. The van der Waals surface area contributed by atoms with Crippen molar-refractivity contribution in [1.82, 2.24) is 0 Å². The lowest BCUT2D eigenvalue weighted by Crippen LogP contribution is -1.92. The van der Waals surface area contributed by atoms with Crippen LogP contribution >= 0.6 is 0 Å². The average Bonchev–Trinajstić information content (AvgIpc) is 3.10. The van der Waals surface area contributed by atoms with E-state index in [-0.39, 0.29) is 0 Å². The third kappa shape index (κ3) is 2.37. The van der Waals surface area contributed by atoms with Crippen LogP contribution in [0, 0.1) is 0 Å². The molecule has 0 heterocycles. The maximum atomic E-state index is 2.41. The first-order valence-corrected chi connectivity index (χ1v) is 9.57. The largest absolute Gasteiger partial charge is 0.0652 e. The molecule has 0 aromatic heterocycles. The predicted molar refractivity (Wildman–Crippen MR) is 113 cm³/mol. The first-order chi connectivity index (χ1) is 12.8. The van der Waals surface area contributed by atoms with Gasteiger partial charge in [0.25, 0.3) is 0 Å². The molecule has 0 heteroatoms. The van der Waals surface area contributed by atoms with Crippen LogP contribution < -0.4 is 0 Å². The third-order valence-corrected chi connectivity index (χ3v) is 5.62. The van der Waals surface area contributed by atoms with E-state index in [2.05, 4.69) is 85.8 Å². The van der Waals surface area contributed by atoms with Crippen molar-refractivity contribution in [3.05, 3.63) is 89.5 Å². The smallest absolute Gasteiger partial charge is 0.00517 e. The second kappa shape index (κ2) is 6.14. The summed E-state index contributed by atoms with van der Waals surface area (Å²) >= 11 is 0. The van der Waals surface area contributed by atoms with Gasteiger partial charge in [0.2, 0.25) is 0 Å². The molecule has 26 heavy (non-hydrogen) atoms. The summed E-state index contributed by atoms with van der Waals surface area (Å²) in [4.78, 5) is 0. The number of hydrogen-bond acceptors (Lipinski definition) is 0. The molecule has 0 saturated carbocycles. The molecule has 4 aromatic carbocycles. The fourth-order valence-electron chi connectivity index (χ4n) is 4.44. The van der Waals surface area contributed by atoms with Crippen LogP contribution in [0.15, 0.2) is 78.4 Å². The van der Waals surface area contributed by atoms with Crippen molar-refractivity contribution in [3.8, 4) is 11.1 Å². The summed E-state index contributed by atoms with van der Waals surface area (Å²) in [5, 5.41) is 5.34. The molecule has 0 fully saturated rings. The lowest BCUT2D eigenvalue weighted by Gasteiger charge is -2.13. The summed E-state index contributed by atoms with van der Waals surface area (Å²) in [6.07, 6.45) is 5.93. The van der Waals surface area contributed by atoms with Crippen LogP contribution in [0.1, 0.15) is 30.9 Å². The fraction of sp³-hybridized carbons (Fsp3) is 0.154. The zero-order chi connectivity index (χ0) is 17.5. The van der Waals surface area contributed by atoms with Gasteiger partial charge < -0.3 is 0 Å². The van der Waals surface area contributed by atoms with Crippen LogP contribution in [0.25, 0.3) is 38.7 Å². The van der Waals surface area contributed by atoms with Crippen molar-refractivity contribution in [2.24, 2.45) is 0 Å². The predicted octanol–water partition coefficient (Wildman–Crippen LogP) is 7.40. The highest BCUT2D eigenvalue weighted by molar-refractivity contribution is 6.12. The van der Waals surface area contributed by atoms with Gasteiger partial charge in [-0.1, -0.05) is 97.8 Å². The molecule has 0 N–H and O–H groups in total. The van der Waals surface area contributed by atoms with E-state index >= 15 is 0 Å². The van der Waals surface area contributed by atoms with E-state index in [1.165, 1.54) is 56.6 Å². The summed E-state index contributed by atoms with van der Waals surface area (Å²) in [5.74, 6) is 0. The lowest BCUT2D eigenvalue weighted by molar-refractivity contribution is 0.887. The summed E-state index contributed by atoms with van der Waals surface area (Å²) in [6.45, 7) is 2.26. The molecular formula is C26H22. The van der Waals surface area contributed by atoms with Gasteiger partial charge in [0, 0.05) is 0 Å². The maximum absolute atomic E-state index is 2.41. The number of hydrogen-bond donors (Lipinski definition) is 0. The normalized spacial score (nSPS) is 13.2. The maximum Gasteiger partial charge on any atom is -0.00517 e. The van der Waals surface area contributed by atoms with Crippen molar-refractivity contribution in [2.75, 3.05) is 0 Å². The molecule has 0 nitrogen and oxygen atoms in total. The van der Waals surface area contributed by atoms with E-state index in [9.17, 15) is 0 Å². The minimum Gasteiger partial charge on any atom is -0.0652 e. The second-order valence-corrected chi connectivity index (χ2v) is 7.29. The van der Waals surface area contributed by atoms with Gasteiger partial charge in [0.1, 0.15) is 0 Å². The molecule has 0 saturated heterocycles. The van der Waals surface area contributed by atoms with Crippen LogP contribution in [0.2, 0.25) is 0 Å². The van der Waals surface area contributed by atoms with E-state index in [0.717, 1.165) is 6.42 Å². The van der Waals surface area contributed by atoms with Crippen LogP contribution in [0.3, 0.4) is 0 Å². The number of allylic oxidation sites excluding steroid dienone is 1. The van der Waals surface area contributed by atoms with Crippen LogP contribution in [0.4, 0.5) is 0 Å². The minimum atomic E-state index is 1.10. The Balaban J connectivity index is 1.73. The van der Waals surface area contributed by atoms with E-state index in [1.807, 2.05) is 0 Å². The van der Waals surface area contributed by atoms with Gasteiger partial charge >= 0.3 is 0 Å². The molecule has 0 bridgehead atoms. The highest BCUT2D eigenvalue weighted by atomic mass is 14.2. The van der Waals surface area contributed by atoms with Gasteiger partial charge in [-0.2, -0.15) is 0 Å². The second-order valence-electron chi connectivity index (χ2n) is 7.29. The van der Waals surface area contributed by atoms with Crippen LogP contribution in [-0.4, -0.2) is 0 Å². The minimum absolute atomic E-state index is 1.10. The standard InChI is InChI=1S/C26H22/c1-2-7-18-16-20-9-5-11-24(26(20)17-18)23-13-6-12-22-21-10-4-3-8-19(21)14-15-25(22)23/h3-6,8-16H,2,7,17H2,1H3. The van der Waals surface area contributed by atoms with E-state index in [1.54, 1.807) is 5.57 Å². The molecule has 1 aliphatic carbocycles. The highest BCUT2D eigenvalue weighted by Crippen LogP contribution is 2.39. The van der Waals surface area contributed by atoms with Gasteiger partial charge in [-0.05, 0) is 56.6 Å². The summed E-state index contributed by atoms with van der Waals surface area (Å²) < 4.78 is 0. The zero-order valence-corrected chi connectivity index (χ0v) is 15.1. The average molecular weight is 334 g/mol. The Morgan fingerprint density at radius 1 is 0.692 bits per heavy atom. The van der Waals surface area contributed by atoms with E-state index in [0.29, 0.717) is 0 Å². The Bertz CT molecular complexity index is 1160. The van der Waals surface area contributed by atoms with E-state index in [4.69, 9.17) is 0 Å². The number of fused-ring (bicyclic) bond motifs is 4. The Kier molecular flexibility index (Phi) is 3.64. The van der Waals surface area contributed by atoms with Gasteiger partial charge in [0.15, 0.2) is 0 Å². The fourth-order valence-corrected chi connectivity index (χ4v) is 4.44. The quantitative estimate of drug-likeness (QED) is 0.342. The molecule has 0 radical (unpaired) electrons. The van der Waals surface area contributed by atoms with Crippen LogP contribution in [0.5, 0.6) is 0 Å². The zero-order valence-electron chi connectivity index (χ0n) is 15.1. The monoisotopic (exact) mass is 334 g/mol. The molecule has 0 aliphatic heterocycles. The van der Waals surface area contributed by atoms with Crippen molar-refractivity contribution >= 4 is 27.6 Å². The molecule has 0 atom stereocenters. The molecule has 0 unspecified atom stereocenters. The van der Waals surface area contributed by atoms with Crippen LogP contribution in [-0.2, 0) is 6.42 Å². The van der Waals surface area contributed by atoms with Gasteiger partial charge in [-0.25, -0.2) is 0 Å². The van der Waals surface area contributed by atoms with Gasteiger partial charge in [0.05, 0.1) is 0 Å². The summed E-state index contributed by atoms with van der Waals surface area (Å²) in [5.41, 5.74) is 7.22. The number of benzene rings is 4. The van der Waals surface area contributed by atoms with Crippen molar-refractivity contribution in [1.29, 1.82) is 0 Å². The Morgan fingerprint density at radius 2 is 1.50 bits per heavy atom. The van der Waals surface area contributed by atoms with Gasteiger partial charge in [-0.3, -0.25) is 0 Å². The van der Waals surface area contributed by atoms with E-state index < -0.39 is 0 Å². The SMILES string of the molecule is CCCC1=Cc2cccc(-c3cccc4c3ccc3ccccc34)c2C1.